The minimum atomic E-state index is -1.26. The van der Waals surface area contributed by atoms with Gasteiger partial charge >= 0.3 is 17.9 Å². The second kappa shape index (κ2) is 14.4. The third kappa shape index (κ3) is 16.5. The average molecular weight is 336 g/mol. The zero-order valence-corrected chi connectivity index (χ0v) is 13.5. The number of thioether (sulfide) groups is 1. The lowest BCUT2D eigenvalue weighted by Crippen LogP contribution is -2.36. The third-order valence-corrected chi connectivity index (χ3v) is 3.44. The molecule has 1 fully saturated rings. The van der Waals surface area contributed by atoms with Crippen molar-refractivity contribution in [3.05, 3.63) is 12.2 Å². The van der Waals surface area contributed by atoms with Crippen molar-refractivity contribution in [1.29, 1.82) is 0 Å². The molecule has 0 aromatic rings. The first-order chi connectivity index (χ1) is 10.2. The molecule has 9 heteroatoms. The molecule has 0 aromatic carbocycles. The number of hydrogen-bond donors (Lipinski definition) is 5. The molecule has 0 saturated carbocycles. The largest absolute Gasteiger partial charge is 0.480 e. The Bertz CT molecular complexity index is 348. The number of hydrogen-bond acceptors (Lipinski definition) is 6. The summed E-state index contributed by atoms with van der Waals surface area (Å²) in [7, 11) is 0. The lowest BCUT2D eigenvalue weighted by molar-refractivity contribution is -0.139. The Kier molecular flexibility index (Phi) is 14.8. The molecule has 0 bridgehead atoms. The van der Waals surface area contributed by atoms with E-state index in [4.69, 9.17) is 21.1 Å². The molecule has 0 unspecified atom stereocenters. The van der Waals surface area contributed by atoms with Crippen molar-refractivity contribution < 1.29 is 29.7 Å². The Balaban J connectivity index is 0. The highest BCUT2D eigenvalue weighted by Gasteiger charge is 2.17. The first-order valence-corrected chi connectivity index (χ1v) is 7.78. The Morgan fingerprint density at radius 1 is 1.23 bits per heavy atom. The maximum absolute atomic E-state index is 10.2. The summed E-state index contributed by atoms with van der Waals surface area (Å²) in [5.74, 6) is -0.883. The molecule has 1 aliphatic rings. The van der Waals surface area contributed by atoms with E-state index in [1.54, 1.807) is 0 Å². The van der Waals surface area contributed by atoms with Gasteiger partial charge in [0.2, 0.25) is 0 Å². The number of carboxylic acids is 3. The lowest BCUT2D eigenvalue weighted by Gasteiger charge is -2.11. The highest BCUT2D eigenvalue weighted by Crippen LogP contribution is 2.04. The third-order valence-electron chi connectivity index (χ3n) is 2.54. The molecule has 128 valence electrons. The van der Waals surface area contributed by atoms with Gasteiger partial charge < -0.3 is 26.4 Å². The van der Waals surface area contributed by atoms with Crippen LogP contribution in [0.1, 0.15) is 20.3 Å². The molecular formula is C13H24N2O6S. The predicted octanol–water partition coefficient (Wildman–Crippen LogP) is 0.437. The maximum Gasteiger partial charge on any atom is 0.328 e. The van der Waals surface area contributed by atoms with Crippen LogP contribution in [0.25, 0.3) is 0 Å². The van der Waals surface area contributed by atoms with Crippen molar-refractivity contribution in [1.82, 2.24) is 5.32 Å². The topological polar surface area (TPSA) is 150 Å². The number of rotatable bonds is 5. The van der Waals surface area contributed by atoms with E-state index in [0.717, 1.165) is 6.42 Å². The van der Waals surface area contributed by atoms with Gasteiger partial charge in [0, 0.05) is 30.3 Å². The SMILES string of the molecule is C1CSCN1.CC[C@H](C)[C@H](N)C(=O)O.O=C(O)C=CC(=O)O. The van der Waals surface area contributed by atoms with Gasteiger partial charge in [-0.2, -0.15) is 0 Å². The summed E-state index contributed by atoms with van der Waals surface area (Å²) in [6, 6.07) is -0.699. The van der Waals surface area contributed by atoms with Crippen molar-refractivity contribution in [2.45, 2.75) is 26.3 Å². The Labute approximate surface area is 133 Å². The molecule has 8 nitrogen and oxygen atoms in total. The summed E-state index contributed by atoms with van der Waals surface area (Å²) in [5, 5.41) is 27.2. The zero-order valence-electron chi connectivity index (χ0n) is 12.7. The van der Waals surface area contributed by atoms with Crippen LogP contribution in [0.4, 0.5) is 0 Å². The van der Waals surface area contributed by atoms with Gasteiger partial charge in [-0.05, 0) is 5.92 Å². The van der Waals surface area contributed by atoms with E-state index in [-0.39, 0.29) is 5.92 Å². The minimum absolute atomic E-state index is 0.0718. The molecule has 0 aromatic heterocycles. The molecule has 0 aliphatic carbocycles. The molecule has 1 aliphatic heterocycles. The summed E-state index contributed by atoms with van der Waals surface area (Å²) in [6.07, 6.45) is 1.93. The molecule has 22 heavy (non-hydrogen) atoms. The van der Waals surface area contributed by atoms with E-state index in [1.807, 2.05) is 25.6 Å². The van der Waals surface area contributed by atoms with Gasteiger partial charge in [-0.15, -0.1) is 11.8 Å². The fourth-order valence-corrected chi connectivity index (χ4v) is 1.72. The number of carbonyl (C=O) groups is 3. The van der Waals surface area contributed by atoms with Gasteiger partial charge in [0.05, 0.1) is 0 Å². The minimum Gasteiger partial charge on any atom is -0.480 e. The lowest BCUT2D eigenvalue weighted by atomic mass is 10.0. The first kappa shape index (κ1) is 22.7. The maximum atomic E-state index is 10.2. The monoisotopic (exact) mass is 336 g/mol. The van der Waals surface area contributed by atoms with Gasteiger partial charge in [0.1, 0.15) is 6.04 Å². The van der Waals surface area contributed by atoms with Crippen molar-refractivity contribution in [2.75, 3.05) is 18.2 Å². The Morgan fingerprint density at radius 2 is 1.73 bits per heavy atom. The van der Waals surface area contributed by atoms with Crippen molar-refractivity contribution >= 4 is 29.7 Å². The predicted molar refractivity (Wildman–Crippen MR) is 84.8 cm³/mol. The highest BCUT2D eigenvalue weighted by molar-refractivity contribution is 7.99. The van der Waals surface area contributed by atoms with Crippen LogP contribution in [-0.2, 0) is 14.4 Å². The van der Waals surface area contributed by atoms with E-state index < -0.39 is 23.9 Å². The van der Waals surface area contributed by atoms with Gasteiger partial charge in [0.25, 0.3) is 0 Å². The van der Waals surface area contributed by atoms with E-state index in [9.17, 15) is 14.4 Å². The molecule has 1 saturated heterocycles. The van der Waals surface area contributed by atoms with Crippen LogP contribution in [0.3, 0.4) is 0 Å². The van der Waals surface area contributed by atoms with Crippen LogP contribution in [0.15, 0.2) is 12.2 Å². The van der Waals surface area contributed by atoms with Gasteiger partial charge in [-0.25, -0.2) is 9.59 Å². The molecular weight excluding hydrogens is 312 g/mol. The average Bonchev–Trinajstić information content (AvgIpc) is 3.03. The fourth-order valence-electron chi connectivity index (χ4n) is 1.00. The van der Waals surface area contributed by atoms with E-state index in [1.165, 1.54) is 18.2 Å². The van der Waals surface area contributed by atoms with Crippen LogP contribution in [-0.4, -0.2) is 57.4 Å². The molecule has 0 radical (unpaired) electrons. The van der Waals surface area contributed by atoms with Crippen molar-refractivity contribution in [3.63, 3.8) is 0 Å². The number of nitrogens with one attached hydrogen (secondary N) is 1. The van der Waals surface area contributed by atoms with E-state index in [2.05, 4.69) is 5.32 Å². The molecule has 2 atom stereocenters. The van der Waals surface area contributed by atoms with Crippen LogP contribution < -0.4 is 11.1 Å². The Hall–Kier alpha value is -1.58. The number of carboxylic acid groups (broad SMARTS) is 3. The summed E-state index contributed by atoms with van der Waals surface area (Å²) in [5.41, 5.74) is 5.27. The van der Waals surface area contributed by atoms with Crippen LogP contribution >= 0.6 is 11.8 Å². The Morgan fingerprint density at radius 3 is 1.86 bits per heavy atom. The first-order valence-electron chi connectivity index (χ1n) is 6.63. The zero-order chi connectivity index (χ0) is 17.5. The van der Waals surface area contributed by atoms with Crippen LogP contribution in [0, 0.1) is 5.92 Å². The normalized spacial score (nSPS) is 15.8. The molecule has 1 heterocycles. The molecule has 1 rings (SSSR count). The standard InChI is InChI=1S/C6H13NO2.C4H4O4.C3H7NS/c1-3-4(2)5(7)6(8)9;5-3(6)1-2-4(7)8;1-2-5-3-4-1/h4-5H,3,7H2,1-2H3,(H,8,9);1-2H,(H,5,6)(H,7,8);4H,1-3H2/t4-,5-;;/m0../s1. The van der Waals surface area contributed by atoms with Crippen LogP contribution in [0.2, 0.25) is 0 Å². The van der Waals surface area contributed by atoms with Gasteiger partial charge in [-0.3, -0.25) is 4.79 Å². The molecule has 0 spiro atoms. The van der Waals surface area contributed by atoms with E-state index >= 15 is 0 Å². The van der Waals surface area contributed by atoms with Crippen molar-refractivity contribution in [3.8, 4) is 0 Å². The number of nitrogens with two attached hydrogens (primary N) is 1. The van der Waals surface area contributed by atoms with E-state index in [0.29, 0.717) is 12.2 Å². The summed E-state index contributed by atoms with van der Waals surface area (Å²) < 4.78 is 0. The summed E-state index contributed by atoms with van der Waals surface area (Å²) in [4.78, 5) is 29.3. The molecule has 0 amide bonds. The fraction of sp³-hybridized carbons (Fsp3) is 0.615. The van der Waals surface area contributed by atoms with Crippen molar-refractivity contribution in [2.24, 2.45) is 11.7 Å². The number of aliphatic carboxylic acids is 3. The quantitative estimate of drug-likeness (QED) is 0.450. The van der Waals surface area contributed by atoms with Crippen LogP contribution in [0.5, 0.6) is 0 Å². The van der Waals surface area contributed by atoms with Gasteiger partial charge in [-0.1, -0.05) is 20.3 Å². The molecule has 6 N–H and O–H groups in total. The smallest absolute Gasteiger partial charge is 0.328 e. The summed E-state index contributed by atoms with van der Waals surface area (Å²) in [6.45, 7) is 4.97. The van der Waals surface area contributed by atoms with Gasteiger partial charge in [0.15, 0.2) is 0 Å². The second-order valence-electron chi connectivity index (χ2n) is 4.31. The highest BCUT2D eigenvalue weighted by atomic mass is 32.2. The summed E-state index contributed by atoms with van der Waals surface area (Å²) >= 11 is 1.96. The second-order valence-corrected chi connectivity index (χ2v) is 5.42.